The van der Waals surface area contributed by atoms with Crippen molar-refractivity contribution >= 4 is 10.0 Å². The molecule has 1 atom stereocenters. The van der Waals surface area contributed by atoms with Crippen molar-refractivity contribution in [3.8, 4) is 5.75 Å². The molecule has 1 saturated heterocycles. The molecule has 6 heteroatoms. The number of aliphatic hydroxyl groups excluding tert-OH is 1. The summed E-state index contributed by atoms with van der Waals surface area (Å²) >= 11 is 0. The van der Waals surface area contributed by atoms with Gasteiger partial charge in [-0.25, -0.2) is 8.42 Å². The van der Waals surface area contributed by atoms with E-state index in [2.05, 4.69) is 0 Å². The number of aliphatic hydroxyl groups is 1. The minimum Gasteiger partial charge on any atom is -0.497 e. The zero-order chi connectivity index (χ0) is 13.2. The number of methoxy groups -OCH3 is 1. The van der Waals surface area contributed by atoms with Gasteiger partial charge in [-0.2, -0.15) is 4.31 Å². The fourth-order valence-corrected chi connectivity index (χ4v) is 3.88. The van der Waals surface area contributed by atoms with Crippen LogP contribution in [0.15, 0.2) is 29.2 Å². The van der Waals surface area contributed by atoms with Gasteiger partial charge in [-0.3, -0.25) is 0 Å². The number of hydrogen-bond acceptors (Lipinski definition) is 4. The monoisotopic (exact) mass is 271 g/mol. The van der Waals surface area contributed by atoms with E-state index in [0.29, 0.717) is 18.7 Å². The van der Waals surface area contributed by atoms with E-state index in [0.717, 1.165) is 6.42 Å². The van der Waals surface area contributed by atoms with Crippen LogP contribution in [0.3, 0.4) is 0 Å². The maximum atomic E-state index is 12.4. The average Bonchev–Trinajstić information content (AvgIpc) is 2.88. The molecule has 0 spiro atoms. The van der Waals surface area contributed by atoms with Gasteiger partial charge in [-0.1, -0.05) is 0 Å². The SMILES string of the molecule is COc1ccc(S(=O)(=O)N2CCC[C@H]2CO)cc1. The zero-order valence-electron chi connectivity index (χ0n) is 10.2. The van der Waals surface area contributed by atoms with Crippen molar-refractivity contribution in [1.82, 2.24) is 4.31 Å². The van der Waals surface area contributed by atoms with E-state index in [4.69, 9.17) is 4.74 Å². The van der Waals surface area contributed by atoms with Crippen LogP contribution in [0.25, 0.3) is 0 Å². The zero-order valence-corrected chi connectivity index (χ0v) is 11.1. The molecule has 0 radical (unpaired) electrons. The Morgan fingerprint density at radius 2 is 2.06 bits per heavy atom. The summed E-state index contributed by atoms with van der Waals surface area (Å²) in [7, 11) is -1.97. The summed E-state index contributed by atoms with van der Waals surface area (Å²) in [6.45, 7) is 0.342. The molecule has 5 nitrogen and oxygen atoms in total. The van der Waals surface area contributed by atoms with Crippen molar-refractivity contribution in [2.24, 2.45) is 0 Å². The van der Waals surface area contributed by atoms with E-state index in [-0.39, 0.29) is 17.5 Å². The van der Waals surface area contributed by atoms with Crippen molar-refractivity contribution in [3.05, 3.63) is 24.3 Å². The Bertz CT molecular complexity index is 497. The lowest BCUT2D eigenvalue weighted by Gasteiger charge is -2.22. The predicted molar refractivity (Wildman–Crippen MR) is 67.0 cm³/mol. The van der Waals surface area contributed by atoms with Crippen LogP contribution in [0.4, 0.5) is 0 Å². The molecule has 1 aliphatic rings. The Balaban J connectivity index is 2.29. The number of hydrogen-bond donors (Lipinski definition) is 1. The molecule has 100 valence electrons. The maximum Gasteiger partial charge on any atom is 0.243 e. The molecule has 1 aliphatic heterocycles. The molecular weight excluding hydrogens is 254 g/mol. The Hall–Kier alpha value is -1.11. The van der Waals surface area contributed by atoms with Gasteiger partial charge in [-0.05, 0) is 37.1 Å². The topological polar surface area (TPSA) is 66.8 Å². The second-order valence-corrected chi connectivity index (χ2v) is 6.16. The first-order chi connectivity index (χ1) is 8.59. The van der Waals surface area contributed by atoms with Gasteiger partial charge in [0.25, 0.3) is 0 Å². The summed E-state index contributed by atoms with van der Waals surface area (Å²) in [5, 5.41) is 9.20. The van der Waals surface area contributed by atoms with E-state index in [1.807, 2.05) is 0 Å². The van der Waals surface area contributed by atoms with Gasteiger partial charge in [0.05, 0.1) is 18.6 Å². The van der Waals surface area contributed by atoms with E-state index in [1.54, 1.807) is 12.1 Å². The van der Waals surface area contributed by atoms with Crippen LogP contribution in [0.1, 0.15) is 12.8 Å². The molecule has 1 heterocycles. The third-order valence-electron chi connectivity index (χ3n) is 3.20. The fraction of sp³-hybridized carbons (Fsp3) is 0.500. The number of benzene rings is 1. The second kappa shape index (κ2) is 5.26. The van der Waals surface area contributed by atoms with Crippen molar-refractivity contribution in [2.75, 3.05) is 20.3 Å². The molecule has 0 bridgehead atoms. The molecule has 0 aliphatic carbocycles. The maximum absolute atomic E-state index is 12.4. The molecule has 1 aromatic carbocycles. The van der Waals surface area contributed by atoms with Crippen LogP contribution in [-0.4, -0.2) is 44.1 Å². The first-order valence-corrected chi connectivity index (χ1v) is 7.30. The smallest absolute Gasteiger partial charge is 0.243 e. The van der Waals surface area contributed by atoms with Gasteiger partial charge >= 0.3 is 0 Å². The highest BCUT2D eigenvalue weighted by Crippen LogP contribution is 2.26. The third-order valence-corrected chi connectivity index (χ3v) is 5.17. The number of sulfonamides is 1. The summed E-state index contributed by atoms with van der Waals surface area (Å²) < 4.78 is 31.1. The van der Waals surface area contributed by atoms with E-state index in [1.165, 1.54) is 23.5 Å². The summed E-state index contributed by atoms with van der Waals surface area (Å²) in [6.07, 6.45) is 1.51. The van der Waals surface area contributed by atoms with Crippen molar-refractivity contribution in [2.45, 2.75) is 23.8 Å². The van der Waals surface area contributed by atoms with Crippen LogP contribution < -0.4 is 4.74 Å². The third kappa shape index (κ3) is 2.36. The van der Waals surface area contributed by atoms with Gasteiger partial charge < -0.3 is 9.84 Å². The Kier molecular flexibility index (Phi) is 3.89. The number of rotatable bonds is 4. The summed E-state index contributed by atoms with van der Waals surface area (Å²) in [4.78, 5) is 0.239. The summed E-state index contributed by atoms with van der Waals surface area (Å²) in [5.41, 5.74) is 0. The molecule has 1 aromatic rings. The normalized spacial score (nSPS) is 21.1. The molecule has 0 amide bonds. The molecule has 0 unspecified atom stereocenters. The second-order valence-electron chi connectivity index (χ2n) is 4.27. The van der Waals surface area contributed by atoms with Crippen LogP contribution in [0.2, 0.25) is 0 Å². The van der Waals surface area contributed by atoms with Crippen molar-refractivity contribution < 1.29 is 18.3 Å². The minimum absolute atomic E-state index is 0.130. The molecule has 18 heavy (non-hydrogen) atoms. The van der Waals surface area contributed by atoms with Gasteiger partial charge in [0.2, 0.25) is 10.0 Å². The van der Waals surface area contributed by atoms with Gasteiger partial charge in [0.1, 0.15) is 5.75 Å². The van der Waals surface area contributed by atoms with Crippen molar-refractivity contribution in [3.63, 3.8) is 0 Å². The van der Waals surface area contributed by atoms with Crippen LogP contribution in [0.5, 0.6) is 5.75 Å². The highest BCUT2D eigenvalue weighted by molar-refractivity contribution is 7.89. The summed E-state index contributed by atoms with van der Waals surface area (Å²) in [6, 6.07) is 6.01. The average molecular weight is 271 g/mol. The number of ether oxygens (including phenoxy) is 1. The molecule has 0 aromatic heterocycles. The Morgan fingerprint density at radius 1 is 1.39 bits per heavy atom. The number of nitrogens with zero attached hydrogens (tertiary/aromatic N) is 1. The molecule has 2 rings (SSSR count). The highest BCUT2D eigenvalue weighted by Gasteiger charge is 2.34. The Labute approximate surface area is 107 Å². The molecule has 0 saturated carbocycles. The largest absolute Gasteiger partial charge is 0.497 e. The first kappa shape index (κ1) is 13.3. The van der Waals surface area contributed by atoms with Gasteiger partial charge in [0, 0.05) is 12.6 Å². The van der Waals surface area contributed by atoms with Crippen LogP contribution in [0, 0.1) is 0 Å². The molecule has 1 N–H and O–H groups in total. The standard InChI is InChI=1S/C12H17NO4S/c1-17-11-4-6-12(7-5-11)18(15,16)13-8-2-3-10(13)9-14/h4-7,10,14H,2-3,8-9H2,1H3/t10-/m0/s1. The van der Waals surface area contributed by atoms with Gasteiger partial charge in [-0.15, -0.1) is 0 Å². The lowest BCUT2D eigenvalue weighted by atomic mass is 10.2. The van der Waals surface area contributed by atoms with Crippen LogP contribution >= 0.6 is 0 Å². The quantitative estimate of drug-likeness (QED) is 0.881. The van der Waals surface area contributed by atoms with E-state index < -0.39 is 10.0 Å². The first-order valence-electron chi connectivity index (χ1n) is 5.86. The van der Waals surface area contributed by atoms with E-state index in [9.17, 15) is 13.5 Å². The summed E-state index contributed by atoms with van der Waals surface area (Å²) in [5.74, 6) is 0.620. The fourth-order valence-electron chi connectivity index (χ4n) is 2.19. The molecule has 1 fully saturated rings. The lowest BCUT2D eigenvalue weighted by Crippen LogP contribution is -2.37. The minimum atomic E-state index is -3.51. The lowest BCUT2D eigenvalue weighted by molar-refractivity contribution is 0.213. The predicted octanol–water partition coefficient (Wildman–Crippen LogP) is 0.841. The highest BCUT2D eigenvalue weighted by atomic mass is 32.2. The Morgan fingerprint density at radius 3 is 2.61 bits per heavy atom. The van der Waals surface area contributed by atoms with Gasteiger partial charge in [0.15, 0.2) is 0 Å². The molecular formula is C12H17NO4S. The van der Waals surface area contributed by atoms with E-state index >= 15 is 0 Å². The van der Waals surface area contributed by atoms with Crippen molar-refractivity contribution in [1.29, 1.82) is 0 Å². The van der Waals surface area contributed by atoms with Crippen LogP contribution in [-0.2, 0) is 10.0 Å².